The van der Waals surface area contributed by atoms with Gasteiger partial charge in [0.2, 0.25) is 0 Å². The highest BCUT2D eigenvalue weighted by atomic mass is 32.2. The average molecular weight is 291 g/mol. The highest BCUT2D eigenvalue weighted by Gasteiger charge is 2.26. The number of thiophene rings is 1. The van der Waals surface area contributed by atoms with Gasteiger partial charge in [-0.2, -0.15) is 0 Å². The molecule has 0 aliphatic carbocycles. The quantitative estimate of drug-likeness (QED) is 0.885. The van der Waals surface area contributed by atoms with Gasteiger partial charge >= 0.3 is 0 Å². The van der Waals surface area contributed by atoms with Crippen LogP contribution < -0.4 is 5.32 Å². The third-order valence-corrected chi connectivity index (χ3v) is 5.73. The van der Waals surface area contributed by atoms with Crippen LogP contribution in [0.5, 0.6) is 0 Å². The van der Waals surface area contributed by atoms with Gasteiger partial charge in [-0.3, -0.25) is 0 Å². The van der Waals surface area contributed by atoms with Gasteiger partial charge in [0.1, 0.15) is 0 Å². The lowest BCUT2D eigenvalue weighted by atomic mass is 10.0. The standard InChI is InChI=1S/C15H17NOS2/c1-10-8-14(13-6-7-18-15(13)19-10)16-12-4-2-11(9-17)3-5-12/h2-7,10,14,16-17H,8-9H2,1H3/t10-,14?/m0/s1. The van der Waals surface area contributed by atoms with Crippen LogP contribution in [0.15, 0.2) is 39.9 Å². The molecule has 4 heteroatoms. The summed E-state index contributed by atoms with van der Waals surface area (Å²) in [6.07, 6.45) is 1.15. The fraction of sp³-hybridized carbons (Fsp3) is 0.333. The molecule has 100 valence electrons. The fourth-order valence-electron chi connectivity index (χ4n) is 2.39. The summed E-state index contributed by atoms with van der Waals surface area (Å²) in [4.78, 5) is 0. The number of aliphatic hydroxyl groups is 1. The van der Waals surface area contributed by atoms with Crippen molar-refractivity contribution in [3.8, 4) is 0 Å². The van der Waals surface area contributed by atoms with Gasteiger partial charge in [-0.05, 0) is 41.1 Å². The Morgan fingerprint density at radius 2 is 2.05 bits per heavy atom. The largest absolute Gasteiger partial charge is 0.392 e. The van der Waals surface area contributed by atoms with E-state index in [0.29, 0.717) is 11.3 Å². The number of rotatable bonds is 3. The Morgan fingerprint density at radius 1 is 1.26 bits per heavy atom. The van der Waals surface area contributed by atoms with E-state index in [1.165, 1.54) is 9.77 Å². The first kappa shape index (κ1) is 13.0. The number of nitrogens with one attached hydrogen (secondary N) is 1. The zero-order valence-electron chi connectivity index (χ0n) is 10.8. The van der Waals surface area contributed by atoms with Gasteiger partial charge in [-0.1, -0.05) is 19.1 Å². The smallest absolute Gasteiger partial charge is 0.0681 e. The Hall–Kier alpha value is -0.970. The summed E-state index contributed by atoms with van der Waals surface area (Å²) in [5.74, 6) is 0. The van der Waals surface area contributed by atoms with Crippen LogP contribution in [-0.2, 0) is 6.61 Å². The molecule has 1 aromatic carbocycles. The van der Waals surface area contributed by atoms with E-state index in [2.05, 4.69) is 23.7 Å². The zero-order valence-corrected chi connectivity index (χ0v) is 12.4. The van der Waals surface area contributed by atoms with E-state index in [4.69, 9.17) is 5.11 Å². The molecule has 19 heavy (non-hydrogen) atoms. The molecule has 1 aromatic heterocycles. The predicted octanol–water partition coefficient (Wildman–Crippen LogP) is 4.28. The molecule has 0 bridgehead atoms. The number of hydrogen-bond donors (Lipinski definition) is 2. The van der Waals surface area contributed by atoms with Gasteiger partial charge in [-0.15, -0.1) is 23.1 Å². The molecule has 0 fully saturated rings. The number of benzene rings is 1. The molecule has 1 aliphatic heterocycles. The van der Waals surface area contributed by atoms with E-state index < -0.39 is 0 Å². The highest BCUT2D eigenvalue weighted by Crippen LogP contribution is 2.44. The predicted molar refractivity (Wildman–Crippen MR) is 83.0 cm³/mol. The van der Waals surface area contributed by atoms with E-state index in [1.54, 1.807) is 0 Å². The molecule has 2 heterocycles. The van der Waals surface area contributed by atoms with Crippen molar-refractivity contribution in [2.45, 2.75) is 35.5 Å². The second-order valence-corrected chi connectivity index (χ2v) is 7.50. The normalized spacial score (nSPS) is 22.0. The lowest BCUT2D eigenvalue weighted by molar-refractivity contribution is 0.282. The lowest BCUT2D eigenvalue weighted by Gasteiger charge is -2.28. The van der Waals surface area contributed by atoms with Crippen molar-refractivity contribution in [3.63, 3.8) is 0 Å². The Bertz CT molecular complexity index is 550. The number of anilines is 1. The first-order chi connectivity index (χ1) is 9.26. The van der Waals surface area contributed by atoms with Gasteiger partial charge in [0, 0.05) is 10.9 Å². The molecule has 1 unspecified atom stereocenters. The van der Waals surface area contributed by atoms with Crippen LogP contribution in [0, 0.1) is 0 Å². The van der Waals surface area contributed by atoms with Gasteiger partial charge in [0.05, 0.1) is 16.9 Å². The molecule has 0 radical (unpaired) electrons. The molecular formula is C15H17NOS2. The third kappa shape index (κ3) is 2.81. The second kappa shape index (κ2) is 5.57. The maximum Gasteiger partial charge on any atom is 0.0681 e. The van der Waals surface area contributed by atoms with Crippen LogP contribution in [0.4, 0.5) is 5.69 Å². The van der Waals surface area contributed by atoms with E-state index >= 15 is 0 Å². The van der Waals surface area contributed by atoms with Crippen molar-refractivity contribution in [1.29, 1.82) is 0 Å². The van der Waals surface area contributed by atoms with Crippen molar-refractivity contribution >= 4 is 28.8 Å². The Morgan fingerprint density at radius 3 is 2.79 bits per heavy atom. The summed E-state index contributed by atoms with van der Waals surface area (Å²) < 4.78 is 1.45. The van der Waals surface area contributed by atoms with Crippen LogP contribution >= 0.6 is 23.1 Å². The molecule has 0 saturated heterocycles. The molecule has 2 nitrogen and oxygen atoms in total. The summed E-state index contributed by atoms with van der Waals surface area (Å²) in [5, 5.41) is 15.5. The van der Waals surface area contributed by atoms with Crippen molar-refractivity contribution in [3.05, 3.63) is 46.8 Å². The van der Waals surface area contributed by atoms with Gasteiger partial charge in [0.15, 0.2) is 0 Å². The van der Waals surface area contributed by atoms with Gasteiger partial charge in [-0.25, -0.2) is 0 Å². The van der Waals surface area contributed by atoms with Crippen LogP contribution in [0.3, 0.4) is 0 Å². The number of fused-ring (bicyclic) bond motifs is 1. The molecule has 0 saturated carbocycles. The fourth-order valence-corrected chi connectivity index (χ4v) is 4.96. The summed E-state index contributed by atoms with van der Waals surface area (Å²) >= 11 is 3.82. The number of aliphatic hydroxyl groups excluding tert-OH is 1. The van der Waals surface area contributed by atoms with Crippen LogP contribution in [0.25, 0.3) is 0 Å². The third-order valence-electron chi connectivity index (χ3n) is 3.39. The van der Waals surface area contributed by atoms with Crippen LogP contribution in [0.1, 0.15) is 30.5 Å². The molecule has 0 spiro atoms. The first-order valence-corrected chi connectivity index (χ1v) is 8.22. The van der Waals surface area contributed by atoms with Crippen molar-refractivity contribution < 1.29 is 5.11 Å². The SMILES string of the molecule is C[C@H]1CC(Nc2ccc(CO)cc2)c2ccsc2S1. The summed E-state index contributed by atoms with van der Waals surface area (Å²) in [6, 6.07) is 10.7. The minimum atomic E-state index is 0.103. The van der Waals surface area contributed by atoms with Crippen LogP contribution in [0.2, 0.25) is 0 Å². The average Bonchev–Trinajstić information content (AvgIpc) is 2.88. The monoisotopic (exact) mass is 291 g/mol. The zero-order chi connectivity index (χ0) is 13.2. The second-order valence-electron chi connectivity index (χ2n) is 4.88. The van der Waals surface area contributed by atoms with Gasteiger partial charge < -0.3 is 10.4 Å². The molecular weight excluding hydrogens is 274 g/mol. The van der Waals surface area contributed by atoms with E-state index in [-0.39, 0.29) is 6.61 Å². The molecule has 2 N–H and O–H groups in total. The van der Waals surface area contributed by atoms with Crippen molar-refractivity contribution in [1.82, 2.24) is 0 Å². The topological polar surface area (TPSA) is 32.3 Å². The highest BCUT2D eigenvalue weighted by molar-refractivity contribution is 8.01. The van der Waals surface area contributed by atoms with Crippen LogP contribution in [-0.4, -0.2) is 10.4 Å². The maximum atomic E-state index is 9.07. The van der Waals surface area contributed by atoms with Gasteiger partial charge in [0.25, 0.3) is 0 Å². The van der Waals surface area contributed by atoms with E-state index in [0.717, 1.165) is 17.7 Å². The first-order valence-electron chi connectivity index (χ1n) is 6.46. The van der Waals surface area contributed by atoms with E-state index in [9.17, 15) is 0 Å². The molecule has 2 aromatic rings. The summed E-state index contributed by atoms with van der Waals surface area (Å²) in [6.45, 7) is 2.39. The summed E-state index contributed by atoms with van der Waals surface area (Å²) in [5.41, 5.74) is 3.51. The summed E-state index contributed by atoms with van der Waals surface area (Å²) in [7, 11) is 0. The Balaban J connectivity index is 1.79. The molecule has 0 amide bonds. The van der Waals surface area contributed by atoms with E-state index in [1.807, 2.05) is 47.4 Å². The maximum absolute atomic E-state index is 9.07. The molecule has 3 rings (SSSR count). The lowest BCUT2D eigenvalue weighted by Crippen LogP contribution is -2.18. The number of hydrogen-bond acceptors (Lipinski definition) is 4. The minimum Gasteiger partial charge on any atom is -0.392 e. The van der Waals surface area contributed by atoms with Crippen molar-refractivity contribution in [2.75, 3.05) is 5.32 Å². The van der Waals surface area contributed by atoms with Crippen molar-refractivity contribution in [2.24, 2.45) is 0 Å². The molecule has 1 aliphatic rings. The Kier molecular flexibility index (Phi) is 3.82. The Labute approximate surface area is 121 Å². The number of thioether (sulfide) groups is 1. The minimum absolute atomic E-state index is 0.103. The molecule has 2 atom stereocenters.